The highest BCUT2D eigenvalue weighted by Crippen LogP contribution is 2.13. The number of methoxy groups -OCH3 is 1. The number of rotatable bonds is 4. The summed E-state index contributed by atoms with van der Waals surface area (Å²) in [6.45, 7) is 6.37. The van der Waals surface area contributed by atoms with E-state index in [9.17, 15) is 9.59 Å². The van der Waals surface area contributed by atoms with Gasteiger partial charge >= 0.3 is 5.97 Å². The molecule has 0 radical (unpaired) electrons. The minimum Gasteiger partial charge on any atom is -0.464 e. The number of likely N-dealkylation sites (tertiary alicyclic amines) is 1. The number of ether oxygens (including phenoxy) is 1. The van der Waals surface area contributed by atoms with Crippen molar-refractivity contribution in [3.8, 4) is 0 Å². The fourth-order valence-corrected chi connectivity index (χ4v) is 2.58. The summed E-state index contributed by atoms with van der Waals surface area (Å²) >= 11 is 0. The number of aromatic amines is 1. The SMILES string of the molecule is COC(=O)c1ccc(C(=O)NC2CCN(C(C)C)CC2)[nH]1. The molecule has 0 spiro atoms. The number of esters is 1. The monoisotopic (exact) mass is 293 g/mol. The second-order valence-corrected chi connectivity index (χ2v) is 5.65. The molecule has 2 heterocycles. The van der Waals surface area contributed by atoms with Gasteiger partial charge in [0.1, 0.15) is 11.4 Å². The van der Waals surface area contributed by atoms with Gasteiger partial charge in [0.15, 0.2) is 0 Å². The Balaban J connectivity index is 1.88. The van der Waals surface area contributed by atoms with Crippen LogP contribution >= 0.6 is 0 Å². The van der Waals surface area contributed by atoms with Crippen molar-refractivity contribution in [2.24, 2.45) is 0 Å². The number of amides is 1. The van der Waals surface area contributed by atoms with Crippen LogP contribution in [0.1, 0.15) is 47.7 Å². The Morgan fingerprint density at radius 3 is 2.48 bits per heavy atom. The number of aromatic nitrogens is 1. The van der Waals surface area contributed by atoms with E-state index < -0.39 is 5.97 Å². The third kappa shape index (κ3) is 3.85. The van der Waals surface area contributed by atoms with Crippen molar-refractivity contribution in [2.45, 2.75) is 38.8 Å². The first-order valence-corrected chi connectivity index (χ1v) is 7.33. The lowest BCUT2D eigenvalue weighted by Gasteiger charge is -2.34. The lowest BCUT2D eigenvalue weighted by atomic mass is 10.0. The average Bonchev–Trinajstić information content (AvgIpc) is 2.97. The van der Waals surface area contributed by atoms with Crippen LogP contribution in [0.2, 0.25) is 0 Å². The van der Waals surface area contributed by atoms with E-state index in [4.69, 9.17) is 0 Å². The third-order valence-corrected chi connectivity index (χ3v) is 3.93. The molecule has 0 bridgehead atoms. The predicted octanol–water partition coefficient (Wildman–Crippen LogP) is 1.40. The number of piperidine rings is 1. The molecule has 0 unspecified atom stereocenters. The molecular formula is C15H23N3O3. The Morgan fingerprint density at radius 1 is 1.29 bits per heavy atom. The van der Waals surface area contributed by atoms with Crippen molar-refractivity contribution in [3.05, 3.63) is 23.5 Å². The highest BCUT2D eigenvalue weighted by Gasteiger charge is 2.23. The Hall–Kier alpha value is -1.82. The lowest BCUT2D eigenvalue weighted by molar-refractivity contribution is 0.0595. The van der Waals surface area contributed by atoms with Gasteiger partial charge in [-0.05, 0) is 38.8 Å². The molecule has 1 aliphatic rings. The van der Waals surface area contributed by atoms with Gasteiger partial charge in [-0.15, -0.1) is 0 Å². The fourth-order valence-electron chi connectivity index (χ4n) is 2.58. The maximum Gasteiger partial charge on any atom is 0.354 e. The fraction of sp³-hybridized carbons (Fsp3) is 0.600. The topological polar surface area (TPSA) is 74.4 Å². The molecule has 0 atom stereocenters. The molecule has 1 fully saturated rings. The highest BCUT2D eigenvalue weighted by molar-refractivity contribution is 5.95. The zero-order valence-corrected chi connectivity index (χ0v) is 12.8. The van der Waals surface area contributed by atoms with E-state index in [0.717, 1.165) is 25.9 Å². The van der Waals surface area contributed by atoms with Crippen molar-refractivity contribution in [2.75, 3.05) is 20.2 Å². The van der Waals surface area contributed by atoms with Gasteiger partial charge in [-0.1, -0.05) is 0 Å². The van der Waals surface area contributed by atoms with Crippen molar-refractivity contribution in [1.82, 2.24) is 15.2 Å². The van der Waals surface area contributed by atoms with E-state index in [1.807, 2.05) is 0 Å². The maximum atomic E-state index is 12.1. The van der Waals surface area contributed by atoms with Gasteiger partial charge in [0.05, 0.1) is 7.11 Å². The van der Waals surface area contributed by atoms with Gasteiger partial charge in [0.25, 0.3) is 5.91 Å². The molecule has 6 nitrogen and oxygen atoms in total. The number of hydrogen-bond acceptors (Lipinski definition) is 4. The molecule has 0 saturated carbocycles. The van der Waals surface area contributed by atoms with Crippen LogP contribution in [0.25, 0.3) is 0 Å². The van der Waals surface area contributed by atoms with E-state index in [-0.39, 0.29) is 17.6 Å². The molecule has 1 aromatic rings. The van der Waals surface area contributed by atoms with E-state index >= 15 is 0 Å². The zero-order valence-electron chi connectivity index (χ0n) is 12.8. The Bertz CT molecular complexity index is 502. The van der Waals surface area contributed by atoms with E-state index in [1.165, 1.54) is 7.11 Å². The van der Waals surface area contributed by atoms with Gasteiger partial charge in [-0.2, -0.15) is 0 Å². The largest absolute Gasteiger partial charge is 0.464 e. The first-order chi connectivity index (χ1) is 10.0. The first-order valence-electron chi connectivity index (χ1n) is 7.33. The number of carbonyl (C=O) groups excluding carboxylic acids is 2. The van der Waals surface area contributed by atoms with Crippen molar-refractivity contribution in [3.63, 3.8) is 0 Å². The smallest absolute Gasteiger partial charge is 0.354 e. The summed E-state index contributed by atoms with van der Waals surface area (Å²) in [7, 11) is 1.31. The number of H-pyrrole nitrogens is 1. The van der Waals surface area contributed by atoms with Crippen LogP contribution < -0.4 is 5.32 Å². The van der Waals surface area contributed by atoms with E-state index in [0.29, 0.717) is 11.7 Å². The summed E-state index contributed by atoms with van der Waals surface area (Å²) in [5, 5.41) is 3.02. The van der Waals surface area contributed by atoms with Crippen LogP contribution in [0.3, 0.4) is 0 Å². The van der Waals surface area contributed by atoms with Gasteiger partial charge in [-0.25, -0.2) is 4.79 Å². The van der Waals surface area contributed by atoms with Gasteiger partial charge < -0.3 is 19.9 Å². The van der Waals surface area contributed by atoms with Crippen LogP contribution in [0.5, 0.6) is 0 Å². The lowest BCUT2D eigenvalue weighted by Crippen LogP contribution is -2.46. The minimum absolute atomic E-state index is 0.173. The second-order valence-electron chi connectivity index (χ2n) is 5.65. The summed E-state index contributed by atoms with van der Waals surface area (Å²) < 4.78 is 4.61. The van der Waals surface area contributed by atoms with E-state index in [2.05, 4.69) is 33.8 Å². The molecule has 0 aromatic carbocycles. The Morgan fingerprint density at radius 2 is 1.90 bits per heavy atom. The number of hydrogen-bond donors (Lipinski definition) is 2. The summed E-state index contributed by atoms with van der Waals surface area (Å²) in [6.07, 6.45) is 1.91. The second kappa shape index (κ2) is 6.76. The predicted molar refractivity (Wildman–Crippen MR) is 79.3 cm³/mol. The molecule has 0 aliphatic carbocycles. The molecule has 6 heteroatoms. The number of nitrogens with zero attached hydrogens (tertiary/aromatic N) is 1. The van der Waals surface area contributed by atoms with Gasteiger partial charge in [0.2, 0.25) is 0 Å². The summed E-state index contributed by atoms with van der Waals surface area (Å²) in [4.78, 5) is 28.7. The molecule has 21 heavy (non-hydrogen) atoms. The molecule has 116 valence electrons. The van der Waals surface area contributed by atoms with Gasteiger partial charge in [-0.3, -0.25) is 4.79 Å². The average molecular weight is 293 g/mol. The highest BCUT2D eigenvalue weighted by atomic mass is 16.5. The van der Waals surface area contributed by atoms with Crippen molar-refractivity contribution >= 4 is 11.9 Å². The third-order valence-electron chi connectivity index (χ3n) is 3.93. The van der Waals surface area contributed by atoms with Crippen LogP contribution in [0, 0.1) is 0 Å². The maximum absolute atomic E-state index is 12.1. The zero-order chi connectivity index (χ0) is 15.4. The Labute approximate surface area is 124 Å². The number of carbonyl (C=O) groups is 2. The van der Waals surface area contributed by atoms with Crippen LogP contribution in [-0.4, -0.2) is 54.0 Å². The Kier molecular flexibility index (Phi) is 5.01. The first kappa shape index (κ1) is 15.6. The van der Waals surface area contributed by atoms with Crippen LogP contribution in [0.4, 0.5) is 0 Å². The van der Waals surface area contributed by atoms with Crippen LogP contribution in [-0.2, 0) is 4.74 Å². The van der Waals surface area contributed by atoms with Crippen LogP contribution in [0.15, 0.2) is 12.1 Å². The number of nitrogens with one attached hydrogen (secondary N) is 2. The van der Waals surface area contributed by atoms with Crippen molar-refractivity contribution in [1.29, 1.82) is 0 Å². The molecule has 2 rings (SSSR count). The molecule has 1 saturated heterocycles. The summed E-state index contributed by atoms with van der Waals surface area (Å²) in [6, 6.07) is 3.90. The summed E-state index contributed by atoms with van der Waals surface area (Å²) in [5.74, 6) is -0.646. The molecule has 1 amide bonds. The molecule has 1 aliphatic heterocycles. The standard InChI is InChI=1S/C15H23N3O3/c1-10(2)18-8-6-11(7-9-18)16-14(19)12-4-5-13(17-12)15(20)21-3/h4-5,10-11,17H,6-9H2,1-3H3,(H,16,19). The van der Waals surface area contributed by atoms with Crippen molar-refractivity contribution < 1.29 is 14.3 Å². The molecule has 1 aromatic heterocycles. The van der Waals surface area contributed by atoms with E-state index in [1.54, 1.807) is 12.1 Å². The quantitative estimate of drug-likeness (QED) is 0.823. The summed E-state index contributed by atoms with van der Waals surface area (Å²) in [5.41, 5.74) is 0.680. The molecule has 2 N–H and O–H groups in total. The normalized spacial score (nSPS) is 17.0. The minimum atomic E-state index is -0.473. The molecular weight excluding hydrogens is 270 g/mol. The van der Waals surface area contributed by atoms with Gasteiger partial charge in [0, 0.05) is 25.2 Å².